The van der Waals surface area contributed by atoms with Gasteiger partial charge in [0.25, 0.3) is 0 Å². The number of carboxylic acid groups (broad SMARTS) is 1. The largest absolute Gasteiger partial charge is 0.481 e. The number of nitrogens with one attached hydrogen (secondary N) is 1. The topological polar surface area (TPSA) is 100 Å². The molecule has 0 spiro atoms. The van der Waals surface area contributed by atoms with E-state index in [1.165, 1.54) is 0 Å². The zero-order chi connectivity index (χ0) is 20.9. The fourth-order valence-corrected chi connectivity index (χ4v) is 3.26. The first-order valence-corrected chi connectivity index (χ1v) is 9.54. The minimum atomic E-state index is -1.25. The number of carbonyl (C=O) groups is 1. The van der Waals surface area contributed by atoms with Gasteiger partial charge in [-0.25, -0.2) is 0 Å². The Kier molecular flexibility index (Phi) is 6.29. The summed E-state index contributed by atoms with van der Waals surface area (Å²) in [4.78, 5) is 13.2. The van der Waals surface area contributed by atoms with Crippen molar-refractivity contribution in [3.8, 4) is 11.1 Å². The lowest BCUT2D eigenvalue weighted by molar-refractivity contribution is -0.151. The molecule has 3 aromatic rings. The van der Waals surface area contributed by atoms with E-state index < -0.39 is 18.0 Å². The van der Waals surface area contributed by atoms with Gasteiger partial charge in [-0.2, -0.15) is 4.79 Å². The van der Waals surface area contributed by atoms with E-state index in [0.29, 0.717) is 6.42 Å². The summed E-state index contributed by atoms with van der Waals surface area (Å²) >= 11 is 0. The van der Waals surface area contributed by atoms with E-state index in [2.05, 4.69) is 40.0 Å². The van der Waals surface area contributed by atoms with Gasteiger partial charge in [-0.15, -0.1) is 5.10 Å². The van der Waals surface area contributed by atoms with Crippen LogP contribution in [0.4, 0.5) is 0 Å². The summed E-state index contributed by atoms with van der Waals surface area (Å²) in [5.41, 5.74) is 6.12. The van der Waals surface area contributed by atoms with Crippen LogP contribution in [0.5, 0.6) is 0 Å². The van der Waals surface area contributed by atoms with Gasteiger partial charge in [-0.05, 0) is 48.6 Å². The van der Waals surface area contributed by atoms with Crippen LogP contribution >= 0.6 is 0 Å². The van der Waals surface area contributed by atoms with Gasteiger partial charge in [0.05, 0.1) is 23.9 Å². The number of carboxylic acids is 1. The average molecular weight is 394 g/mol. The third-order valence-electron chi connectivity index (χ3n) is 5.13. The lowest BCUT2D eigenvalue weighted by Crippen LogP contribution is -2.41. The molecule has 0 bridgehead atoms. The maximum absolute atomic E-state index is 11.7. The molecule has 0 aliphatic carbocycles. The zero-order valence-corrected chi connectivity index (χ0v) is 16.6. The van der Waals surface area contributed by atoms with Crippen molar-refractivity contribution in [1.82, 2.24) is 15.1 Å². The van der Waals surface area contributed by atoms with Crippen molar-refractivity contribution in [3.05, 3.63) is 72.1 Å². The normalized spacial score (nSPS) is 14.2. The van der Waals surface area contributed by atoms with E-state index in [9.17, 15) is 15.0 Å². The molecular formula is C22H26N4O3. The van der Waals surface area contributed by atoms with Crippen LogP contribution in [0.3, 0.4) is 0 Å². The molecule has 0 aliphatic heterocycles. The standard InChI is InChI=1S/C22H26N4O3/c1-16-14-23-25-26(16)24-20(13-22(2,15-27)21(28)29)12-17-8-10-19(11-9-17)18-6-4-3-5-7-18/h3-11,14,20,24,27H,12-13,15H2,1-2H3,(H,28,29)/t20-,22+/m1/s1. The summed E-state index contributed by atoms with van der Waals surface area (Å²) in [5, 5.41) is 27.1. The number of aliphatic carboxylic acids is 1. The fourth-order valence-electron chi connectivity index (χ4n) is 3.26. The molecule has 0 radical (unpaired) electrons. The van der Waals surface area contributed by atoms with Crippen molar-refractivity contribution < 1.29 is 15.0 Å². The molecule has 29 heavy (non-hydrogen) atoms. The quantitative estimate of drug-likeness (QED) is 0.516. The summed E-state index contributed by atoms with van der Waals surface area (Å²) in [6, 6.07) is 18.1. The number of hydrogen-bond donors (Lipinski definition) is 3. The molecular weight excluding hydrogens is 368 g/mol. The van der Waals surface area contributed by atoms with Gasteiger partial charge in [0, 0.05) is 6.04 Å². The van der Waals surface area contributed by atoms with Gasteiger partial charge < -0.3 is 15.6 Å². The molecule has 3 rings (SSSR count). The van der Waals surface area contributed by atoms with Crippen LogP contribution < -0.4 is 5.43 Å². The van der Waals surface area contributed by atoms with Crippen molar-refractivity contribution in [2.24, 2.45) is 5.41 Å². The predicted molar refractivity (Wildman–Crippen MR) is 111 cm³/mol. The smallest absolute Gasteiger partial charge is 0.311 e. The highest BCUT2D eigenvalue weighted by atomic mass is 16.4. The predicted octanol–water partition coefficient (Wildman–Crippen LogP) is 2.88. The second-order valence-electron chi connectivity index (χ2n) is 7.61. The highest BCUT2D eigenvalue weighted by molar-refractivity contribution is 5.74. The Hall–Kier alpha value is -3.19. The van der Waals surface area contributed by atoms with Crippen molar-refractivity contribution in [1.29, 1.82) is 0 Å². The van der Waals surface area contributed by atoms with Crippen molar-refractivity contribution in [2.45, 2.75) is 32.7 Å². The Morgan fingerprint density at radius 1 is 1.14 bits per heavy atom. The number of aryl methyl sites for hydroxylation is 1. The lowest BCUT2D eigenvalue weighted by Gasteiger charge is -2.29. The van der Waals surface area contributed by atoms with Gasteiger partial charge in [0.15, 0.2) is 0 Å². The Bertz CT molecular complexity index is 940. The van der Waals surface area contributed by atoms with Gasteiger partial charge >= 0.3 is 5.97 Å². The van der Waals surface area contributed by atoms with Crippen molar-refractivity contribution >= 4 is 5.97 Å². The molecule has 0 fully saturated rings. The number of nitrogens with zero attached hydrogens (tertiary/aromatic N) is 3. The number of aromatic nitrogens is 3. The molecule has 2 atom stereocenters. The minimum Gasteiger partial charge on any atom is -0.481 e. The van der Waals surface area contributed by atoms with Crippen LogP contribution in [0.1, 0.15) is 24.6 Å². The Morgan fingerprint density at radius 2 is 1.79 bits per heavy atom. The van der Waals surface area contributed by atoms with E-state index in [0.717, 1.165) is 22.4 Å². The van der Waals surface area contributed by atoms with Gasteiger partial charge in [-0.1, -0.05) is 54.6 Å². The number of benzene rings is 2. The van der Waals surface area contributed by atoms with Crippen LogP contribution in [0, 0.1) is 12.3 Å². The summed E-state index contributed by atoms with van der Waals surface area (Å²) < 4.78 is 0. The Balaban J connectivity index is 1.80. The van der Waals surface area contributed by atoms with E-state index in [1.54, 1.807) is 17.9 Å². The number of rotatable bonds is 9. The highest BCUT2D eigenvalue weighted by Gasteiger charge is 2.35. The fraction of sp³-hybridized carbons (Fsp3) is 0.318. The highest BCUT2D eigenvalue weighted by Crippen LogP contribution is 2.26. The molecule has 7 nitrogen and oxygen atoms in total. The first-order chi connectivity index (χ1) is 13.9. The molecule has 0 unspecified atom stereocenters. The van der Waals surface area contributed by atoms with E-state index >= 15 is 0 Å². The minimum absolute atomic E-state index is 0.235. The van der Waals surface area contributed by atoms with Gasteiger partial charge in [0.1, 0.15) is 0 Å². The molecule has 0 saturated heterocycles. The van der Waals surface area contributed by atoms with Crippen molar-refractivity contribution in [2.75, 3.05) is 12.0 Å². The molecule has 0 aliphatic rings. The third kappa shape index (κ3) is 5.00. The number of hydrogen-bond acceptors (Lipinski definition) is 5. The van der Waals surface area contributed by atoms with Crippen LogP contribution in [-0.4, -0.2) is 43.9 Å². The first-order valence-electron chi connectivity index (χ1n) is 9.54. The first kappa shape index (κ1) is 20.5. The van der Waals surface area contributed by atoms with Crippen LogP contribution in [-0.2, 0) is 11.2 Å². The van der Waals surface area contributed by atoms with Crippen LogP contribution in [0.2, 0.25) is 0 Å². The second kappa shape index (κ2) is 8.87. The van der Waals surface area contributed by atoms with Crippen molar-refractivity contribution in [3.63, 3.8) is 0 Å². The molecule has 0 amide bonds. The van der Waals surface area contributed by atoms with E-state index in [1.807, 2.05) is 37.3 Å². The van der Waals surface area contributed by atoms with Crippen LogP contribution in [0.25, 0.3) is 11.1 Å². The molecule has 152 valence electrons. The Morgan fingerprint density at radius 3 is 2.34 bits per heavy atom. The molecule has 1 heterocycles. The summed E-state index contributed by atoms with van der Waals surface area (Å²) in [7, 11) is 0. The van der Waals surface area contributed by atoms with E-state index in [4.69, 9.17) is 0 Å². The van der Waals surface area contributed by atoms with E-state index in [-0.39, 0.29) is 12.5 Å². The lowest BCUT2D eigenvalue weighted by atomic mass is 9.83. The maximum atomic E-state index is 11.7. The third-order valence-corrected chi connectivity index (χ3v) is 5.13. The maximum Gasteiger partial charge on any atom is 0.311 e. The second-order valence-corrected chi connectivity index (χ2v) is 7.61. The van der Waals surface area contributed by atoms with Crippen LogP contribution in [0.15, 0.2) is 60.8 Å². The number of aliphatic hydroxyl groups excluding tert-OH is 1. The van der Waals surface area contributed by atoms with Gasteiger partial charge in [-0.3, -0.25) is 4.79 Å². The monoisotopic (exact) mass is 394 g/mol. The summed E-state index contributed by atoms with van der Waals surface area (Å²) in [6.07, 6.45) is 2.44. The molecule has 0 saturated carbocycles. The molecule has 1 aromatic heterocycles. The average Bonchev–Trinajstić information content (AvgIpc) is 3.13. The zero-order valence-electron chi connectivity index (χ0n) is 16.6. The summed E-state index contributed by atoms with van der Waals surface area (Å²) in [5.74, 6) is -1.03. The Labute approximate surface area is 170 Å². The van der Waals surface area contributed by atoms with Gasteiger partial charge in [0.2, 0.25) is 0 Å². The molecule has 7 heteroatoms. The molecule has 2 aromatic carbocycles. The number of aliphatic hydroxyl groups is 1. The summed E-state index contributed by atoms with van der Waals surface area (Å²) in [6.45, 7) is 2.97. The SMILES string of the molecule is Cc1cnnn1N[C@H](Cc1ccc(-c2ccccc2)cc1)C[C@@](C)(CO)C(=O)O. The molecule has 3 N–H and O–H groups in total.